The van der Waals surface area contributed by atoms with E-state index in [1.165, 1.54) is 13.2 Å². The molecule has 0 saturated heterocycles. The smallest absolute Gasteiger partial charge is 0.248 e. The van der Waals surface area contributed by atoms with Crippen LogP contribution in [-0.4, -0.2) is 33.7 Å². The van der Waals surface area contributed by atoms with Crippen molar-refractivity contribution in [2.75, 3.05) is 23.0 Å². The van der Waals surface area contributed by atoms with Crippen LogP contribution in [0, 0.1) is 0 Å². The second-order valence-electron chi connectivity index (χ2n) is 6.30. The van der Waals surface area contributed by atoms with Gasteiger partial charge in [-0.3, -0.25) is 9.10 Å². The summed E-state index contributed by atoms with van der Waals surface area (Å²) in [5, 5.41) is 3.21. The molecule has 0 heterocycles. The first-order valence-electron chi connectivity index (χ1n) is 8.94. The van der Waals surface area contributed by atoms with Crippen LogP contribution in [0.4, 0.5) is 11.4 Å². The van der Waals surface area contributed by atoms with Crippen LogP contribution in [0.1, 0.15) is 25.8 Å². The van der Waals surface area contributed by atoms with Crippen LogP contribution in [0.15, 0.2) is 42.5 Å². The van der Waals surface area contributed by atoms with Gasteiger partial charge in [-0.15, -0.1) is 0 Å². The molecule has 152 valence electrons. The average molecular weight is 425 g/mol. The minimum Gasteiger partial charge on any atom is -0.495 e. The highest BCUT2D eigenvalue weighted by Crippen LogP contribution is 2.35. The zero-order chi connectivity index (χ0) is 20.9. The molecule has 1 N–H and O–H groups in total. The van der Waals surface area contributed by atoms with Crippen LogP contribution in [-0.2, 0) is 21.2 Å². The van der Waals surface area contributed by atoms with E-state index in [0.29, 0.717) is 16.5 Å². The number of amides is 1. The summed E-state index contributed by atoms with van der Waals surface area (Å²) in [6.45, 7) is 3.74. The Balaban J connectivity index is 2.50. The molecule has 6 nitrogen and oxygen atoms in total. The fourth-order valence-corrected chi connectivity index (χ4v) is 4.41. The SMILES string of the molecule is CCc1ccccc1NC(=O)C(CC)N(c1cc(Cl)ccc1OC)S(C)(=O)=O. The number of ether oxygens (including phenoxy) is 1. The molecule has 0 aliphatic carbocycles. The Hall–Kier alpha value is -2.25. The van der Waals surface area contributed by atoms with Gasteiger partial charge < -0.3 is 10.1 Å². The monoisotopic (exact) mass is 424 g/mol. The predicted molar refractivity (Wildman–Crippen MR) is 114 cm³/mol. The third-order valence-corrected chi connectivity index (χ3v) is 5.77. The van der Waals surface area contributed by atoms with Crippen LogP contribution in [0.5, 0.6) is 5.75 Å². The highest BCUT2D eigenvalue weighted by atomic mass is 35.5. The molecule has 8 heteroatoms. The zero-order valence-corrected chi connectivity index (χ0v) is 18.0. The number of nitrogens with zero attached hydrogens (tertiary/aromatic N) is 1. The van der Waals surface area contributed by atoms with E-state index in [4.69, 9.17) is 16.3 Å². The van der Waals surface area contributed by atoms with Crippen molar-refractivity contribution in [3.63, 3.8) is 0 Å². The third-order valence-electron chi connectivity index (χ3n) is 4.36. The Labute approximate surface area is 171 Å². The van der Waals surface area contributed by atoms with Crippen LogP contribution < -0.4 is 14.4 Å². The molecular weight excluding hydrogens is 400 g/mol. The predicted octanol–water partition coefficient (Wildman–Crippen LogP) is 4.09. The summed E-state index contributed by atoms with van der Waals surface area (Å²) < 4.78 is 31.7. The summed E-state index contributed by atoms with van der Waals surface area (Å²) in [6, 6.07) is 11.1. The second kappa shape index (κ2) is 9.30. The van der Waals surface area contributed by atoms with E-state index in [1.54, 1.807) is 25.1 Å². The molecule has 0 aliphatic heterocycles. The van der Waals surface area contributed by atoms with Gasteiger partial charge in [-0.2, -0.15) is 0 Å². The van der Waals surface area contributed by atoms with Crippen molar-refractivity contribution < 1.29 is 17.9 Å². The van der Waals surface area contributed by atoms with Crippen LogP contribution >= 0.6 is 11.6 Å². The Kier molecular flexibility index (Phi) is 7.32. The van der Waals surface area contributed by atoms with Crippen molar-refractivity contribution in [2.45, 2.75) is 32.7 Å². The Morgan fingerprint density at radius 1 is 1.21 bits per heavy atom. The molecule has 1 atom stereocenters. The normalized spacial score (nSPS) is 12.3. The molecule has 1 amide bonds. The van der Waals surface area contributed by atoms with Crippen LogP contribution in [0.25, 0.3) is 0 Å². The highest BCUT2D eigenvalue weighted by molar-refractivity contribution is 7.92. The summed E-state index contributed by atoms with van der Waals surface area (Å²) in [7, 11) is -2.36. The van der Waals surface area contributed by atoms with Crippen molar-refractivity contribution in [1.29, 1.82) is 0 Å². The molecule has 28 heavy (non-hydrogen) atoms. The van der Waals surface area contributed by atoms with Gasteiger partial charge >= 0.3 is 0 Å². The van der Waals surface area contributed by atoms with Crippen molar-refractivity contribution in [2.24, 2.45) is 0 Å². The van der Waals surface area contributed by atoms with E-state index in [1.807, 2.05) is 25.1 Å². The van der Waals surface area contributed by atoms with Gasteiger partial charge in [0.2, 0.25) is 15.9 Å². The molecule has 2 rings (SSSR count). The summed E-state index contributed by atoms with van der Waals surface area (Å²) in [5.74, 6) is -0.106. The quantitative estimate of drug-likeness (QED) is 0.692. The Bertz CT molecular complexity index is 947. The first kappa shape index (κ1) is 22.0. The van der Waals surface area contributed by atoms with E-state index in [2.05, 4.69) is 5.32 Å². The number of carbonyl (C=O) groups is 1. The lowest BCUT2D eigenvalue weighted by molar-refractivity contribution is -0.117. The maximum absolute atomic E-state index is 13.1. The van der Waals surface area contributed by atoms with Crippen molar-refractivity contribution in [3.8, 4) is 5.75 Å². The van der Waals surface area contributed by atoms with Gasteiger partial charge in [-0.1, -0.05) is 43.6 Å². The number of benzene rings is 2. The molecule has 0 saturated carbocycles. The van der Waals surface area contributed by atoms with Gasteiger partial charge in [0.05, 0.1) is 19.1 Å². The number of para-hydroxylation sites is 1. The number of sulfonamides is 1. The van der Waals surface area contributed by atoms with E-state index >= 15 is 0 Å². The molecule has 0 aliphatic rings. The summed E-state index contributed by atoms with van der Waals surface area (Å²) >= 11 is 6.09. The van der Waals surface area contributed by atoms with Gasteiger partial charge in [-0.05, 0) is 42.7 Å². The molecule has 0 radical (unpaired) electrons. The van der Waals surface area contributed by atoms with Crippen molar-refractivity contribution >= 4 is 38.9 Å². The maximum Gasteiger partial charge on any atom is 0.248 e. The average Bonchev–Trinajstić information content (AvgIpc) is 2.65. The van der Waals surface area contributed by atoms with Gasteiger partial charge in [-0.25, -0.2) is 8.42 Å². The highest BCUT2D eigenvalue weighted by Gasteiger charge is 2.33. The number of anilines is 2. The number of carbonyl (C=O) groups excluding carboxylic acids is 1. The molecule has 2 aromatic carbocycles. The lowest BCUT2D eigenvalue weighted by atomic mass is 10.1. The minimum atomic E-state index is -3.80. The van der Waals surface area contributed by atoms with E-state index < -0.39 is 22.0 Å². The largest absolute Gasteiger partial charge is 0.495 e. The summed E-state index contributed by atoms with van der Waals surface area (Å²) in [5.41, 5.74) is 1.86. The van der Waals surface area contributed by atoms with Gasteiger partial charge in [0, 0.05) is 10.7 Å². The van der Waals surface area contributed by atoms with E-state index in [9.17, 15) is 13.2 Å². The Morgan fingerprint density at radius 3 is 2.46 bits per heavy atom. The first-order chi connectivity index (χ1) is 13.2. The van der Waals surface area contributed by atoms with E-state index in [0.717, 1.165) is 22.5 Å². The summed E-state index contributed by atoms with van der Waals surface area (Å²) in [6.07, 6.45) is 2.07. The van der Waals surface area contributed by atoms with Crippen molar-refractivity contribution in [3.05, 3.63) is 53.1 Å². The van der Waals surface area contributed by atoms with Crippen LogP contribution in [0.3, 0.4) is 0 Å². The molecular formula is C20H25ClN2O4S. The summed E-state index contributed by atoms with van der Waals surface area (Å²) in [4.78, 5) is 13.1. The number of aryl methyl sites for hydroxylation is 1. The fraction of sp³-hybridized carbons (Fsp3) is 0.350. The number of rotatable bonds is 8. The number of hydrogen-bond donors (Lipinski definition) is 1. The van der Waals surface area contributed by atoms with Gasteiger partial charge in [0.1, 0.15) is 11.8 Å². The zero-order valence-electron chi connectivity index (χ0n) is 16.4. The van der Waals surface area contributed by atoms with Crippen molar-refractivity contribution in [1.82, 2.24) is 0 Å². The third kappa shape index (κ3) is 4.97. The molecule has 0 aromatic heterocycles. The molecule has 0 bridgehead atoms. The molecule has 1 unspecified atom stereocenters. The minimum absolute atomic E-state index is 0.225. The first-order valence-corrected chi connectivity index (χ1v) is 11.2. The van der Waals surface area contributed by atoms with E-state index in [-0.39, 0.29) is 12.1 Å². The maximum atomic E-state index is 13.1. The number of hydrogen-bond acceptors (Lipinski definition) is 4. The van der Waals surface area contributed by atoms with Gasteiger partial charge in [0.25, 0.3) is 0 Å². The topological polar surface area (TPSA) is 75.7 Å². The fourth-order valence-electron chi connectivity index (χ4n) is 3.04. The van der Waals surface area contributed by atoms with Crippen LogP contribution in [0.2, 0.25) is 5.02 Å². The lowest BCUT2D eigenvalue weighted by Crippen LogP contribution is -2.47. The standard InChI is InChI=1S/C20H25ClN2O4S/c1-5-14-9-7-8-10-16(14)22-20(24)17(6-2)23(28(4,25)26)18-13-15(21)11-12-19(18)27-3/h7-13,17H,5-6H2,1-4H3,(H,22,24). The Morgan fingerprint density at radius 2 is 1.89 bits per heavy atom. The molecule has 0 spiro atoms. The number of methoxy groups -OCH3 is 1. The van der Waals surface area contributed by atoms with Gasteiger partial charge in [0.15, 0.2) is 0 Å². The number of halogens is 1. The lowest BCUT2D eigenvalue weighted by Gasteiger charge is -2.31. The molecule has 2 aromatic rings. The second-order valence-corrected chi connectivity index (χ2v) is 8.59. The number of nitrogens with one attached hydrogen (secondary N) is 1. The molecule has 0 fully saturated rings.